The monoisotopic (exact) mass is 672 g/mol. The first-order valence-corrected chi connectivity index (χ1v) is 17.7. The number of hydrogen-bond acceptors (Lipinski definition) is 6. The Labute approximate surface area is 274 Å². The van der Waals surface area contributed by atoms with Crippen LogP contribution < -0.4 is 0 Å². The van der Waals surface area contributed by atoms with Gasteiger partial charge in [0.1, 0.15) is 16.7 Å². The summed E-state index contributed by atoms with van der Waals surface area (Å²) in [6, 6.07) is 17.8. The Kier molecular flexibility index (Phi) is 10.3. The van der Waals surface area contributed by atoms with Gasteiger partial charge in [-0.1, -0.05) is 78.7 Å². The molecule has 3 aromatic rings. The van der Waals surface area contributed by atoms with Gasteiger partial charge in [0.25, 0.3) is 5.91 Å². The van der Waals surface area contributed by atoms with Gasteiger partial charge in [0.2, 0.25) is 0 Å². The summed E-state index contributed by atoms with van der Waals surface area (Å²) >= 11 is 12.2. The molecule has 0 spiro atoms. The Morgan fingerprint density at radius 1 is 1.02 bits per heavy atom. The van der Waals surface area contributed by atoms with Crippen molar-refractivity contribution in [2.75, 3.05) is 18.8 Å². The highest BCUT2D eigenvalue weighted by Gasteiger charge is 2.53. The fourth-order valence-electron chi connectivity index (χ4n) is 6.90. The van der Waals surface area contributed by atoms with E-state index in [4.69, 9.17) is 23.2 Å². The summed E-state index contributed by atoms with van der Waals surface area (Å²) in [4.78, 5) is 29.3. The van der Waals surface area contributed by atoms with Crippen molar-refractivity contribution in [3.8, 4) is 5.75 Å². The van der Waals surface area contributed by atoms with E-state index < -0.39 is 49.8 Å². The normalized spacial score (nSPS) is 24.2. The van der Waals surface area contributed by atoms with Crippen LogP contribution in [-0.4, -0.2) is 71.7 Å². The molecule has 2 fully saturated rings. The number of benzene rings is 3. The first kappa shape index (κ1) is 33.4. The molecule has 2 aliphatic rings. The standard InChI is InChI=1S/C34H38Cl2N2O6S/c1-23-19-30-34(41)37(18-17-26(38(30,42)21-23)14-11-24-7-3-2-4-8-24)29(22-45(43,44)33-10-6-5-9-32(33)40)31(39)16-13-25-12-15-27(35)28(36)20-25/h2-10,12,15,20,23,26,29-30,40H,11,13-14,16-19,21-22H2,1H3/t23-,26?,29-,30+,38?/m1/s1. The SMILES string of the molecule is C[C@@H]1C[C@H]2C(=O)N([C@H](CS(=O)(=O)c3ccccc3O)C(=O)CCc3ccc(Cl)c(Cl)c3)CCC(CCc3ccccc3)[N+]2([O-])C1. The van der Waals surface area contributed by atoms with E-state index in [0.717, 1.165) is 11.1 Å². The number of ketones is 1. The summed E-state index contributed by atoms with van der Waals surface area (Å²) in [5.41, 5.74) is 1.84. The van der Waals surface area contributed by atoms with Crippen molar-refractivity contribution in [1.29, 1.82) is 0 Å². The number of nitrogens with zero attached hydrogens (tertiary/aromatic N) is 2. The van der Waals surface area contributed by atoms with E-state index in [1.807, 2.05) is 37.3 Å². The lowest BCUT2D eigenvalue weighted by molar-refractivity contribution is -0.909. The second kappa shape index (κ2) is 13.8. The summed E-state index contributed by atoms with van der Waals surface area (Å²) in [5, 5.41) is 25.6. The maximum absolute atomic E-state index is 14.6. The number of carbonyl (C=O) groups is 2. The smallest absolute Gasteiger partial charge is 0.281 e. The Morgan fingerprint density at radius 3 is 2.44 bits per heavy atom. The molecule has 0 aromatic heterocycles. The van der Waals surface area contributed by atoms with Crippen LogP contribution >= 0.6 is 23.2 Å². The average Bonchev–Trinajstić information content (AvgIpc) is 3.28. The topological polar surface area (TPSA) is 115 Å². The van der Waals surface area contributed by atoms with E-state index in [0.29, 0.717) is 42.3 Å². The zero-order valence-corrected chi connectivity index (χ0v) is 27.5. The molecule has 5 rings (SSSR count). The van der Waals surface area contributed by atoms with E-state index >= 15 is 0 Å². The van der Waals surface area contributed by atoms with E-state index in [1.165, 1.54) is 29.2 Å². The van der Waals surface area contributed by atoms with Crippen LogP contribution in [0.5, 0.6) is 5.75 Å². The average molecular weight is 674 g/mol. The highest BCUT2D eigenvalue weighted by Crippen LogP contribution is 2.40. The zero-order chi connectivity index (χ0) is 32.4. The van der Waals surface area contributed by atoms with Crippen molar-refractivity contribution in [2.24, 2.45) is 5.92 Å². The Morgan fingerprint density at radius 2 is 1.73 bits per heavy atom. The summed E-state index contributed by atoms with van der Waals surface area (Å²) in [6.07, 6.45) is 2.17. The number of hydrogen-bond donors (Lipinski definition) is 1. The minimum atomic E-state index is -4.21. The Hall–Kier alpha value is -2.95. The lowest BCUT2D eigenvalue weighted by atomic mass is 10.0. The molecule has 0 radical (unpaired) electrons. The highest BCUT2D eigenvalue weighted by molar-refractivity contribution is 7.91. The number of amides is 1. The summed E-state index contributed by atoms with van der Waals surface area (Å²) in [5.74, 6) is -2.04. The van der Waals surface area contributed by atoms with Gasteiger partial charge in [-0.15, -0.1) is 0 Å². The van der Waals surface area contributed by atoms with Crippen LogP contribution in [0.15, 0.2) is 77.7 Å². The summed E-state index contributed by atoms with van der Waals surface area (Å²) < 4.78 is 26.7. The van der Waals surface area contributed by atoms with Crippen LogP contribution in [-0.2, 0) is 32.3 Å². The Balaban J connectivity index is 1.46. The third kappa shape index (κ3) is 7.39. The van der Waals surface area contributed by atoms with Crippen LogP contribution in [0.2, 0.25) is 10.0 Å². The second-order valence-corrected chi connectivity index (χ2v) is 15.2. The van der Waals surface area contributed by atoms with Crippen LogP contribution in [0.4, 0.5) is 0 Å². The predicted molar refractivity (Wildman–Crippen MR) is 175 cm³/mol. The number of quaternary nitrogens is 1. The highest BCUT2D eigenvalue weighted by atomic mass is 35.5. The van der Waals surface area contributed by atoms with Gasteiger partial charge < -0.3 is 19.9 Å². The number of Topliss-reactive ketones (excluding diaryl/α,β-unsaturated/α-hetero) is 1. The first-order chi connectivity index (χ1) is 21.4. The van der Waals surface area contributed by atoms with Crippen molar-refractivity contribution in [1.82, 2.24) is 4.90 Å². The van der Waals surface area contributed by atoms with Gasteiger partial charge in [-0.05, 0) is 48.2 Å². The number of para-hydroxylation sites is 1. The fourth-order valence-corrected chi connectivity index (χ4v) is 8.86. The van der Waals surface area contributed by atoms with Crippen LogP contribution in [0.25, 0.3) is 0 Å². The maximum atomic E-state index is 14.6. The molecule has 5 atom stereocenters. The van der Waals surface area contributed by atoms with E-state index in [9.17, 15) is 28.3 Å². The number of hydroxylamine groups is 3. The summed E-state index contributed by atoms with van der Waals surface area (Å²) in [6.45, 7) is 2.35. The number of carbonyl (C=O) groups excluding carboxylic acids is 2. The van der Waals surface area contributed by atoms with Gasteiger partial charge in [-0.2, -0.15) is 0 Å². The molecule has 3 aromatic carbocycles. The zero-order valence-electron chi connectivity index (χ0n) is 25.1. The molecule has 2 heterocycles. The number of fused-ring (bicyclic) bond motifs is 1. The number of phenolic OH excluding ortho intramolecular Hbond substituents is 1. The molecule has 0 aliphatic carbocycles. The van der Waals surface area contributed by atoms with Gasteiger partial charge >= 0.3 is 0 Å². The third-order valence-electron chi connectivity index (χ3n) is 9.22. The van der Waals surface area contributed by atoms with E-state index in [-0.39, 0.29) is 36.2 Å². The molecule has 2 aliphatic heterocycles. The number of phenols is 1. The van der Waals surface area contributed by atoms with Gasteiger partial charge in [0.05, 0.1) is 28.4 Å². The largest absolute Gasteiger partial charge is 0.632 e. The molecule has 45 heavy (non-hydrogen) atoms. The molecule has 0 saturated carbocycles. The van der Waals surface area contributed by atoms with Crippen molar-refractivity contribution in [3.63, 3.8) is 0 Å². The molecule has 240 valence electrons. The molecule has 2 unspecified atom stereocenters. The molecular weight excluding hydrogens is 635 g/mol. The molecule has 1 N–H and O–H groups in total. The number of rotatable bonds is 11. The number of sulfone groups is 1. The molecule has 2 saturated heterocycles. The predicted octanol–water partition coefficient (Wildman–Crippen LogP) is 6.00. The first-order valence-electron chi connectivity index (χ1n) is 15.3. The minimum absolute atomic E-state index is 0.00410. The third-order valence-corrected chi connectivity index (χ3v) is 11.7. The lowest BCUT2D eigenvalue weighted by Crippen LogP contribution is -2.58. The van der Waals surface area contributed by atoms with Crippen molar-refractivity contribution >= 4 is 44.7 Å². The van der Waals surface area contributed by atoms with Gasteiger partial charge in [-0.25, -0.2) is 8.42 Å². The van der Waals surface area contributed by atoms with Crippen molar-refractivity contribution in [2.45, 2.75) is 68.5 Å². The number of aryl methyl sites for hydroxylation is 2. The summed E-state index contributed by atoms with van der Waals surface area (Å²) in [7, 11) is -4.21. The van der Waals surface area contributed by atoms with Gasteiger partial charge in [0, 0.05) is 38.1 Å². The minimum Gasteiger partial charge on any atom is -0.632 e. The maximum Gasteiger partial charge on any atom is 0.281 e. The van der Waals surface area contributed by atoms with Crippen LogP contribution in [0, 0.1) is 11.1 Å². The molecule has 11 heteroatoms. The molecule has 0 bridgehead atoms. The quantitative estimate of drug-likeness (QED) is 0.197. The van der Waals surface area contributed by atoms with E-state index in [1.54, 1.807) is 18.2 Å². The lowest BCUT2D eigenvalue weighted by Gasteiger charge is -2.48. The number of halogens is 2. The molecular formula is C34H38Cl2N2O6S. The van der Waals surface area contributed by atoms with Crippen molar-refractivity contribution in [3.05, 3.63) is 99.2 Å². The Bertz CT molecular complexity index is 1650. The van der Waals surface area contributed by atoms with Gasteiger partial charge in [-0.3, -0.25) is 9.59 Å². The van der Waals surface area contributed by atoms with E-state index in [2.05, 4.69) is 0 Å². The van der Waals surface area contributed by atoms with Crippen LogP contribution in [0.1, 0.15) is 43.7 Å². The fraction of sp³-hybridized carbons (Fsp3) is 0.412. The van der Waals surface area contributed by atoms with Crippen LogP contribution in [0.3, 0.4) is 0 Å². The van der Waals surface area contributed by atoms with Gasteiger partial charge in [0.15, 0.2) is 21.7 Å². The van der Waals surface area contributed by atoms with Crippen molar-refractivity contribution < 1.29 is 27.8 Å². The second-order valence-electron chi connectivity index (χ2n) is 12.4. The molecule has 1 amide bonds. The molecule has 8 nitrogen and oxygen atoms in total. The number of aromatic hydroxyl groups is 1.